The fourth-order valence-corrected chi connectivity index (χ4v) is 5.26. The van der Waals surface area contributed by atoms with E-state index in [0.29, 0.717) is 0 Å². The summed E-state index contributed by atoms with van der Waals surface area (Å²) in [5.41, 5.74) is 2.03. The second-order valence-corrected chi connectivity index (χ2v) is 7.94. The van der Waals surface area contributed by atoms with Crippen molar-refractivity contribution in [2.24, 2.45) is 0 Å². The standard InChI is InChI=1S/C16H26N2O2S/c1-13-5-4-6-14(2)18(13)21(19,20)12-16-9-7-15(8-10-16)11-17-3/h7-10,13-14,17H,4-6,11-12H2,1-3H3/t13-,14+. The van der Waals surface area contributed by atoms with Crippen LogP contribution in [0.5, 0.6) is 0 Å². The Hall–Kier alpha value is -0.910. The lowest BCUT2D eigenvalue weighted by Gasteiger charge is -2.37. The molecule has 0 unspecified atom stereocenters. The lowest BCUT2D eigenvalue weighted by molar-refractivity contribution is 0.204. The predicted octanol–water partition coefficient (Wildman–Crippen LogP) is 2.50. The Morgan fingerprint density at radius 3 is 2.14 bits per heavy atom. The molecule has 0 aromatic heterocycles. The molecule has 1 fully saturated rings. The molecule has 2 atom stereocenters. The fraction of sp³-hybridized carbons (Fsp3) is 0.625. The zero-order chi connectivity index (χ0) is 15.5. The molecule has 1 aromatic rings. The summed E-state index contributed by atoms with van der Waals surface area (Å²) in [6.07, 6.45) is 3.04. The van der Waals surface area contributed by atoms with Crippen molar-refractivity contribution < 1.29 is 8.42 Å². The molecule has 0 amide bonds. The van der Waals surface area contributed by atoms with Crippen molar-refractivity contribution in [3.05, 3.63) is 35.4 Å². The Kier molecular flexibility index (Phi) is 5.41. The van der Waals surface area contributed by atoms with Crippen molar-refractivity contribution in [3.8, 4) is 0 Å². The number of hydrogen-bond acceptors (Lipinski definition) is 3. The lowest BCUT2D eigenvalue weighted by atomic mass is 10.0. The van der Waals surface area contributed by atoms with Crippen molar-refractivity contribution in [2.75, 3.05) is 7.05 Å². The normalized spacial score (nSPS) is 24.1. The molecular formula is C16H26N2O2S. The molecule has 21 heavy (non-hydrogen) atoms. The summed E-state index contributed by atoms with van der Waals surface area (Å²) in [6.45, 7) is 4.83. The molecule has 5 heteroatoms. The monoisotopic (exact) mass is 310 g/mol. The first-order valence-electron chi connectivity index (χ1n) is 7.67. The van der Waals surface area contributed by atoms with E-state index >= 15 is 0 Å². The zero-order valence-electron chi connectivity index (χ0n) is 13.2. The molecule has 0 bridgehead atoms. The van der Waals surface area contributed by atoms with Gasteiger partial charge in [-0.2, -0.15) is 4.31 Å². The highest BCUT2D eigenvalue weighted by atomic mass is 32.2. The molecule has 1 heterocycles. The summed E-state index contributed by atoms with van der Waals surface area (Å²) in [7, 11) is -1.34. The molecule has 0 saturated carbocycles. The van der Waals surface area contributed by atoms with Crippen molar-refractivity contribution in [1.82, 2.24) is 9.62 Å². The van der Waals surface area contributed by atoms with Gasteiger partial charge in [0.15, 0.2) is 0 Å². The van der Waals surface area contributed by atoms with Crippen LogP contribution < -0.4 is 5.32 Å². The van der Waals surface area contributed by atoms with Gasteiger partial charge in [-0.3, -0.25) is 0 Å². The second-order valence-electron chi connectivity index (χ2n) is 6.06. The highest BCUT2D eigenvalue weighted by Crippen LogP contribution is 2.27. The summed E-state index contributed by atoms with van der Waals surface area (Å²) in [6, 6.07) is 8.05. The summed E-state index contributed by atoms with van der Waals surface area (Å²) in [5, 5.41) is 3.09. The minimum Gasteiger partial charge on any atom is -0.316 e. The van der Waals surface area contributed by atoms with E-state index in [-0.39, 0.29) is 17.8 Å². The van der Waals surface area contributed by atoms with E-state index in [4.69, 9.17) is 0 Å². The molecule has 1 aliphatic heterocycles. The number of benzene rings is 1. The first kappa shape index (κ1) is 16.5. The van der Waals surface area contributed by atoms with Crippen molar-refractivity contribution in [2.45, 2.75) is 57.5 Å². The van der Waals surface area contributed by atoms with Crippen LogP contribution in [0, 0.1) is 0 Å². The Morgan fingerprint density at radius 2 is 1.62 bits per heavy atom. The van der Waals surface area contributed by atoms with E-state index in [1.54, 1.807) is 4.31 Å². The highest BCUT2D eigenvalue weighted by molar-refractivity contribution is 7.88. The largest absolute Gasteiger partial charge is 0.316 e. The van der Waals surface area contributed by atoms with Crippen molar-refractivity contribution >= 4 is 10.0 Å². The van der Waals surface area contributed by atoms with Crippen LogP contribution in [0.2, 0.25) is 0 Å². The molecule has 118 valence electrons. The molecule has 0 radical (unpaired) electrons. The molecule has 1 aliphatic rings. The number of sulfonamides is 1. The second kappa shape index (κ2) is 6.90. The third-order valence-corrected chi connectivity index (χ3v) is 6.25. The first-order valence-corrected chi connectivity index (χ1v) is 9.28. The number of nitrogens with one attached hydrogen (secondary N) is 1. The van der Waals surface area contributed by atoms with Crippen LogP contribution in [-0.2, 0) is 22.3 Å². The van der Waals surface area contributed by atoms with Gasteiger partial charge >= 0.3 is 0 Å². The minimum atomic E-state index is -3.24. The summed E-state index contributed by atoms with van der Waals surface area (Å²) in [5.74, 6) is 0.0987. The van der Waals surface area contributed by atoms with E-state index in [2.05, 4.69) is 5.32 Å². The average Bonchev–Trinajstić information content (AvgIpc) is 2.40. The smallest absolute Gasteiger partial charge is 0.218 e. The average molecular weight is 310 g/mol. The third kappa shape index (κ3) is 4.05. The number of nitrogens with zero attached hydrogens (tertiary/aromatic N) is 1. The number of piperidine rings is 1. The Labute approximate surface area is 128 Å². The van der Waals surface area contributed by atoms with E-state index in [9.17, 15) is 8.42 Å². The van der Waals surface area contributed by atoms with Crippen LogP contribution in [0.25, 0.3) is 0 Å². The van der Waals surface area contributed by atoms with E-state index in [1.807, 2.05) is 45.2 Å². The Morgan fingerprint density at radius 1 is 1.10 bits per heavy atom. The van der Waals surface area contributed by atoms with Crippen LogP contribution in [0.15, 0.2) is 24.3 Å². The molecule has 4 nitrogen and oxygen atoms in total. The van der Waals surface area contributed by atoms with Crippen molar-refractivity contribution in [3.63, 3.8) is 0 Å². The van der Waals surface area contributed by atoms with Gasteiger partial charge in [-0.05, 0) is 44.9 Å². The highest BCUT2D eigenvalue weighted by Gasteiger charge is 2.34. The molecule has 1 aromatic carbocycles. The summed E-state index contributed by atoms with van der Waals surface area (Å²) >= 11 is 0. The maximum atomic E-state index is 12.7. The molecule has 2 rings (SSSR count). The van der Waals surface area contributed by atoms with Gasteiger partial charge in [0, 0.05) is 18.6 Å². The summed E-state index contributed by atoms with van der Waals surface area (Å²) in [4.78, 5) is 0. The van der Waals surface area contributed by atoms with Gasteiger partial charge < -0.3 is 5.32 Å². The van der Waals surface area contributed by atoms with Crippen LogP contribution in [0.1, 0.15) is 44.2 Å². The molecule has 0 spiro atoms. The Balaban J connectivity index is 2.12. The van der Waals surface area contributed by atoms with E-state index in [0.717, 1.165) is 31.4 Å². The topological polar surface area (TPSA) is 49.4 Å². The SMILES string of the molecule is CNCc1ccc(CS(=O)(=O)N2[C@H](C)CCC[C@@H]2C)cc1. The summed E-state index contributed by atoms with van der Waals surface area (Å²) < 4.78 is 27.1. The van der Waals surface area contributed by atoms with Crippen LogP contribution >= 0.6 is 0 Å². The van der Waals surface area contributed by atoms with Gasteiger partial charge in [-0.1, -0.05) is 30.7 Å². The maximum absolute atomic E-state index is 12.7. The third-order valence-electron chi connectivity index (χ3n) is 4.19. The van der Waals surface area contributed by atoms with Crippen LogP contribution in [0.3, 0.4) is 0 Å². The van der Waals surface area contributed by atoms with Gasteiger partial charge in [0.25, 0.3) is 0 Å². The van der Waals surface area contributed by atoms with Gasteiger partial charge in [0.1, 0.15) is 0 Å². The number of rotatable bonds is 5. The van der Waals surface area contributed by atoms with Crippen LogP contribution in [0.4, 0.5) is 0 Å². The Bertz CT molecular complexity index is 544. The molecule has 0 aliphatic carbocycles. The zero-order valence-corrected chi connectivity index (χ0v) is 14.0. The fourth-order valence-electron chi connectivity index (χ4n) is 3.19. The lowest BCUT2D eigenvalue weighted by Crippen LogP contribution is -2.47. The predicted molar refractivity (Wildman–Crippen MR) is 86.4 cm³/mol. The van der Waals surface area contributed by atoms with Gasteiger partial charge in [0.2, 0.25) is 10.0 Å². The minimum absolute atomic E-state index is 0.0987. The van der Waals surface area contributed by atoms with Crippen molar-refractivity contribution in [1.29, 1.82) is 0 Å². The molecular weight excluding hydrogens is 284 g/mol. The van der Waals surface area contributed by atoms with Crippen LogP contribution in [-0.4, -0.2) is 31.9 Å². The number of hydrogen-bond donors (Lipinski definition) is 1. The van der Waals surface area contributed by atoms with Gasteiger partial charge in [-0.25, -0.2) is 8.42 Å². The van der Waals surface area contributed by atoms with Gasteiger partial charge in [-0.15, -0.1) is 0 Å². The van der Waals surface area contributed by atoms with Gasteiger partial charge in [0.05, 0.1) is 5.75 Å². The van der Waals surface area contributed by atoms with E-state index < -0.39 is 10.0 Å². The molecule has 1 N–H and O–H groups in total. The first-order chi connectivity index (χ1) is 9.94. The van der Waals surface area contributed by atoms with E-state index in [1.165, 1.54) is 5.56 Å². The maximum Gasteiger partial charge on any atom is 0.218 e. The molecule has 1 saturated heterocycles. The quantitative estimate of drug-likeness (QED) is 0.909.